The van der Waals surface area contributed by atoms with Gasteiger partial charge in [0.15, 0.2) is 0 Å². The van der Waals surface area contributed by atoms with Crippen LogP contribution in [-0.2, 0) is 14.9 Å². The topological polar surface area (TPSA) is 144 Å². The molecule has 0 aromatic rings. The summed E-state index contributed by atoms with van der Waals surface area (Å²) < 4.78 is 61.9. The Morgan fingerprint density at radius 2 is 1.69 bits per heavy atom. The second-order valence-corrected chi connectivity index (χ2v) is 13.5. The Hall–Kier alpha value is -0.740. The van der Waals surface area contributed by atoms with Crippen LogP contribution in [0.1, 0.15) is 84.0 Å². The summed E-state index contributed by atoms with van der Waals surface area (Å²) in [7, 11) is -5.41. The third-order valence-electron chi connectivity index (χ3n) is 10.7. The highest BCUT2D eigenvalue weighted by molar-refractivity contribution is 7.85. The van der Waals surface area contributed by atoms with Gasteiger partial charge in [0.25, 0.3) is 10.1 Å². The van der Waals surface area contributed by atoms with Crippen molar-refractivity contribution < 1.29 is 38.6 Å². The smallest absolute Gasteiger partial charge is 0.266 e. The molecule has 0 aromatic heterocycles. The fraction of sp³-hybridized carbons (Fsp3) is 0.962. The van der Waals surface area contributed by atoms with Gasteiger partial charge in [-0.25, -0.2) is 0 Å². The van der Waals surface area contributed by atoms with E-state index in [0.29, 0.717) is 19.3 Å². The molecule has 4 aliphatic carbocycles. The van der Waals surface area contributed by atoms with E-state index in [0.717, 1.165) is 32.1 Å². The highest BCUT2D eigenvalue weighted by Crippen LogP contribution is 2.68. The zero-order chi connectivity index (χ0) is 29.3. The molecule has 0 radical (unpaired) electrons. The first kappa shape index (κ1) is 22.3. The first-order chi connectivity index (χ1) is 17.8. The van der Waals surface area contributed by atoms with Crippen LogP contribution in [0.25, 0.3) is 0 Å². The molecule has 202 valence electrons. The number of fused-ring (bicyclic) bond motifs is 5. The summed E-state index contributed by atoms with van der Waals surface area (Å²) in [5.41, 5.74) is -3.94. The highest BCUT2D eigenvalue weighted by Gasteiger charge is 2.65. The van der Waals surface area contributed by atoms with E-state index in [2.05, 4.69) is 13.8 Å². The van der Waals surface area contributed by atoms with Gasteiger partial charge in [0.05, 0.1) is 26.8 Å². The monoisotopic (exact) mass is 519 g/mol. The van der Waals surface area contributed by atoms with Crippen molar-refractivity contribution >= 4 is 16.0 Å². The van der Waals surface area contributed by atoms with Crippen molar-refractivity contribution in [2.24, 2.45) is 46.3 Å². The molecule has 4 aliphatic rings. The normalized spacial score (nSPS) is 48.8. The molecule has 4 rings (SSSR count). The lowest BCUT2D eigenvalue weighted by Crippen LogP contribution is -2.64. The Kier molecular flexibility index (Phi) is 6.27. The number of amides is 1. The predicted molar refractivity (Wildman–Crippen MR) is 132 cm³/mol. The van der Waals surface area contributed by atoms with Crippen LogP contribution in [0.5, 0.6) is 0 Å². The summed E-state index contributed by atoms with van der Waals surface area (Å²) in [5, 5.41) is 34.7. The molecule has 35 heavy (non-hydrogen) atoms. The number of hydrogen-bond acceptors (Lipinski definition) is 6. The van der Waals surface area contributed by atoms with Crippen molar-refractivity contribution in [2.45, 2.75) is 96.9 Å². The van der Waals surface area contributed by atoms with Gasteiger partial charge >= 0.3 is 0 Å². The predicted octanol–water partition coefficient (Wildman–Crippen LogP) is 2.37. The minimum absolute atomic E-state index is 0.0364. The lowest BCUT2D eigenvalue weighted by molar-refractivity contribution is -0.223. The SMILES string of the molecule is [2H]C([2H])(NC(=O)CC[C@@H](C)[C@H]1CC[C@H]2[C@@H]3[C@H](O)[C@@H](O)[C@@H]4C[C@H](O)CC[C@]4(C)[C@H]3CC[C@]12C)C([2H])([2H])S(=O)(=O)O. The lowest BCUT2D eigenvalue weighted by Gasteiger charge is -2.63. The van der Waals surface area contributed by atoms with Crippen LogP contribution in [0, 0.1) is 46.3 Å². The van der Waals surface area contributed by atoms with Crippen LogP contribution in [0.3, 0.4) is 0 Å². The zero-order valence-electron chi connectivity index (χ0n) is 25.0. The largest absolute Gasteiger partial charge is 0.393 e. The Labute approximate surface area is 215 Å². The number of hydrogen-bond donors (Lipinski definition) is 5. The van der Waals surface area contributed by atoms with Crippen LogP contribution in [0.4, 0.5) is 0 Å². The van der Waals surface area contributed by atoms with E-state index in [1.807, 2.05) is 6.92 Å². The number of aliphatic hydroxyl groups excluding tert-OH is 3. The summed E-state index contributed by atoms with van der Waals surface area (Å²) in [6.07, 6.45) is 3.88. The van der Waals surface area contributed by atoms with Crippen molar-refractivity contribution in [3.05, 3.63) is 0 Å². The highest BCUT2D eigenvalue weighted by atomic mass is 32.2. The number of nitrogens with one attached hydrogen (secondary N) is 1. The molecule has 0 spiro atoms. The molecule has 4 saturated carbocycles. The molecule has 0 heterocycles. The Balaban J connectivity index is 1.44. The fourth-order valence-electron chi connectivity index (χ4n) is 9.00. The summed E-state index contributed by atoms with van der Waals surface area (Å²) in [5.74, 6) is -0.220. The zero-order valence-corrected chi connectivity index (χ0v) is 21.8. The quantitative estimate of drug-likeness (QED) is 0.325. The van der Waals surface area contributed by atoms with Crippen LogP contribution in [-0.4, -0.2) is 64.7 Å². The van der Waals surface area contributed by atoms with Gasteiger partial charge < -0.3 is 20.6 Å². The van der Waals surface area contributed by atoms with Crippen LogP contribution in [0.2, 0.25) is 0 Å². The molecule has 5 N–H and O–H groups in total. The Morgan fingerprint density at radius 3 is 2.37 bits per heavy atom. The Bertz CT molecular complexity index is 1060. The van der Waals surface area contributed by atoms with E-state index in [4.69, 9.17) is 10.0 Å². The van der Waals surface area contributed by atoms with E-state index < -0.39 is 46.5 Å². The second-order valence-electron chi connectivity index (χ2n) is 12.3. The third-order valence-corrected chi connectivity index (χ3v) is 11.1. The van der Waals surface area contributed by atoms with Crippen LogP contribution < -0.4 is 5.32 Å². The second kappa shape index (κ2) is 9.86. The number of carbonyl (C=O) groups is 1. The lowest BCUT2D eigenvalue weighted by atomic mass is 9.43. The van der Waals surface area contributed by atoms with Gasteiger partial charge in [0.1, 0.15) is 0 Å². The molecular formula is C26H45NO7S. The van der Waals surface area contributed by atoms with Gasteiger partial charge in [0.2, 0.25) is 5.91 Å². The van der Waals surface area contributed by atoms with E-state index >= 15 is 0 Å². The van der Waals surface area contributed by atoms with Gasteiger partial charge in [-0.15, -0.1) is 0 Å². The first-order valence-corrected chi connectivity index (χ1v) is 14.5. The van der Waals surface area contributed by atoms with Gasteiger partial charge in [-0.05, 0) is 97.7 Å². The molecule has 0 aromatic carbocycles. The molecular weight excluding hydrogens is 470 g/mol. The average Bonchev–Trinajstić information content (AvgIpc) is 3.18. The minimum atomic E-state index is -5.41. The standard InChI is InChI=1S/C26H45NO7S/c1-15(4-7-21(29)27-12-13-35(32,33)34)17-5-6-18-22-19(9-11-25(17,18)2)26(3)10-8-16(28)14-20(26)23(30)24(22)31/h15-20,22-24,28,30-31H,4-14H2,1-3H3,(H,27,29)(H,32,33,34)/t15-,16-,17-,18+,19+,20+,22+,23+,24+,25-,26-/m1/s1/i12D2,13D2. The maximum Gasteiger partial charge on any atom is 0.266 e. The fourth-order valence-corrected chi connectivity index (χ4v) is 9.18. The molecule has 9 heteroatoms. The van der Waals surface area contributed by atoms with Crippen molar-refractivity contribution in [3.8, 4) is 0 Å². The van der Waals surface area contributed by atoms with Gasteiger partial charge in [-0.2, -0.15) is 8.42 Å². The van der Waals surface area contributed by atoms with E-state index in [-0.39, 0.29) is 52.8 Å². The number of carbonyl (C=O) groups excluding carboxylic acids is 1. The summed E-state index contributed by atoms with van der Waals surface area (Å²) >= 11 is 0. The van der Waals surface area contributed by atoms with Crippen molar-refractivity contribution in [2.75, 3.05) is 12.2 Å². The van der Waals surface area contributed by atoms with Gasteiger partial charge in [-0.3, -0.25) is 9.35 Å². The Morgan fingerprint density at radius 1 is 1.03 bits per heavy atom. The molecule has 1 amide bonds. The average molecular weight is 520 g/mol. The maximum atomic E-state index is 12.5. The molecule has 11 atom stereocenters. The minimum Gasteiger partial charge on any atom is -0.393 e. The van der Waals surface area contributed by atoms with Crippen LogP contribution in [0.15, 0.2) is 0 Å². The maximum absolute atomic E-state index is 12.5. The summed E-state index contributed by atoms with van der Waals surface area (Å²) in [6, 6.07) is 0. The van der Waals surface area contributed by atoms with E-state index in [1.54, 1.807) is 5.32 Å². The molecule has 4 fully saturated rings. The summed E-state index contributed by atoms with van der Waals surface area (Å²) in [6.45, 7) is 3.20. The van der Waals surface area contributed by atoms with Crippen molar-refractivity contribution in [3.63, 3.8) is 0 Å². The van der Waals surface area contributed by atoms with Gasteiger partial charge in [0, 0.05) is 15.7 Å². The van der Waals surface area contributed by atoms with Gasteiger partial charge in [-0.1, -0.05) is 20.8 Å². The molecule has 0 bridgehead atoms. The van der Waals surface area contributed by atoms with E-state index in [1.165, 1.54) is 0 Å². The van der Waals surface area contributed by atoms with Crippen molar-refractivity contribution in [1.82, 2.24) is 5.32 Å². The molecule has 0 saturated heterocycles. The van der Waals surface area contributed by atoms with Crippen LogP contribution >= 0.6 is 0 Å². The molecule has 0 aliphatic heterocycles. The molecule has 0 unspecified atom stereocenters. The third kappa shape index (κ3) is 5.05. The van der Waals surface area contributed by atoms with Crippen molar-refractivity contribution in [1.29, 1.82) is 0 Å². The first-order valence-electron chi connectivity index (χ1n) is 15.1. The summed E-state index contributed by atoms with van der Waals surface area (Å²) in [4.78, 5) is 12.5. The number of aliphatic hydroxyl groups is 3. The number of rotatable bonds is 7. The van der Waals surface area contributed by atoms with E-state index in [9.17, 15) is 28.5 Å². The molecule has 8 nitrogen and oxygen atoms in total.